The Morgan fingerprint density at radius 2 is 1.89 bits per heavy atom. The Morgan fingerprint density at radius 1 is 1.26 bits per heavy atom. The van der Waals surface area contributed by atoms with Gasteiger partial charge in [-0.05, 0) is 49.4 Å². The van der Waals surface area contributed by atoms with Crippen LogP contribution in [0.25, 0.3) is 0 Å². The minimum atomic E-state index is -0.113. The molecule has 0 radical (unpaired) electrons. The predicted molar refractivity (Wildman–Crippen MR) is 78.0 cm³/mol. The van der Waals surface area contributed by atoms with E-state index in [1.54, 1.807) is 0 Å². The van der Waals surface area contributed by atoms with Gasteiger partial charge in [0.2, 0.25) is 0 Å². The Bertz CT molecular complexity index is 292. The normalized spacial score (nSPS) is 28.8. The molecule has 2 fully saturated rings. The second-order valence-electron chi connectivity index (χ2n) is 7.25. The summed E-state index contributed by atoms with van der Waals surface area (Å²) in [7, 11) is 0. The first-order valence-corrected chi connectivity index (χ1v) is 8.20. The molecule has 0 bridgehead atoms. The van der Waals surface area contributed by atoms with Crippen LogP contribution < -0.4 is 0 Å². The van der Waals surface area contributed by atoms with Crippen molar-refractivity contribution in [3.8, 4) is 0 Å². The van der Waals surface area contributed by atoms with E-state index in [1.807, 2.05) is 0 Å². The summed E-state index contributed by atoms with van der Waals surface area (Å²) in [4.78, 5) is 12.3. The molecule has 2 heteroatoms. The quantitative estimate of drug-likeness (QED) is 0.657. The smallest absolute Gasteiger partial charge is 0.161 e. The molecule has 0 amide bonds. The molecule has 0 aromatic carbocycles. The average molecular weight is 266 g/mol. The van der Waals surface area contributed by atoms with Crippen molar-refractivity contribution in [3.63, 3.8) is 0 Å². The fourth-order valence-electron chi connectivity index (χ4n) is 3.26. The van der Waals surface area contributed by atoms with Crippen LogP contribution >= 0.6 is 0 Å². The number of rotatable bonds is 8. The Hall–Kier alpha value is -0.370. The first-order valence-electron chi connectivity index (χ1n) is 8.20. The molecule has 3 atom stereocenters. The molecule has 2 aliphatic rings. The van der Waals surface area contributed by atoms with Gasteiger partial charge in [-0.1, -0.05) is 33.6 Å². The summed E-state index contributed by atoms with van der Waals surface area (Å²) in [5.74, 6) is 3.05. The van der Waals surface area contributed by atoms with Gasteiger partial charge in [0.1, 0.15) is 6.10 Å². The third kappa shape index (κ3) is 4.91. The molecule has 0 aliphatic heterocycles. The molecule has 3 unspecified atom stereocenters. The molecule has 0 aromatic heterocycles. The molecule has 0 saturated heterocycles. The first kappa shape index (κ1) is 15.0. The van der Waals surface area contributed by atoms with E-state index in [0.717, 1.165) is 24.9 Å². The fraction of sp³-hybridized carbons (Fsp3) is 0.941. The highest BCUT2D eigenvalue weighted by Gasteiger charge is 2.37. The Kier molecular flexibility index (Phi) is 5.44. The van der Waals surface area contributed by atoms with Crippen molar-refractivity contribution in [2.24, 2.45) is 23.7 Å². The van der Waals surface area contributed by atoms with Crippen LogP contribution in [-0.2, 0) is 9.53 Å². The van der Waals surface area contributed by atoms with Crippen molar-refractivity contribution < 1.29 is 9.53 Å². The lowest BCUT2D eigenvalue weighted by atomic mass is 9.99. The van der Waals surface area contributed by atoms with E-state index >= 15 is 0 Å². The number of carbonyl (C=O) groups excluding carboxylic acids is 1. The van der Waals surface area contributed by atoms with Crippen molar-refractivity contribution >= 4 is 5.78 Å². The minimum Gasteiger partial charge on any atom is -0.370 e. The lowest BCUT2D eigenvalue weighted by molar-refractivity contribution is -0.133. The van der Waals surface area contributed by atoms with Crippen LogP contribution in [0.3, 0.4) is 0 Å². The van der Waals surface area contributed by atoms with Gasteiger partial charge in [0.15, 0.2) is 5.78 Å². The number of Topliss-reactive ketones (excluding diaryl/α,β-unsaturated/α-hetero) is 1. The minimum absolute atomic E-state index is 0.113. The van der Waals surface area contributed by atoms with Crippen LogP contribution in [0.4, 0.5) is 0 Å². The van der Waals surface area contributed by atoms with Crippen LogP contribution in [0.1, 0.15) is 65.7 Å². The summed E-state index contributed by atoms with van der Waals surface area (Å²) in [6.45, 7) is 7.33. The monoisotopic (exact) mass is 266 g/mol. The summed E-state index contributed by atoms with van der Waals surface area (Å²) in [6, 6.07) is 0. The molecule has 0 spiro atoms. The zero-order chi connectivity index (χ0) is 13.8. The maximum atomic E-state index is 12.3. The summed E-state index contributed by atoms with van der Waals surface area (Å²) >= 11 is 0. The van der Waals surface area contributed by atoms with Gasteiger partial charge in [0.25, 0.3) is 0 Å². The van der Waals surface area contributed by atoms with Gasteiger partial charge in [-0.25, -0.2) is 0 Å². The zero-order valence-corrected chi connectivity index (χ0v) is 12.9. The molecule has 2 aliphatic carbocycles. The summed E-state index contributed by atoms with van der Waals surface area (Å²) in [5.41, 5.74) is 0. The third-order valence-electron chi connectivity index (χ3n) is 4.77. The maximum absolute atomic E-state index is 12.3. The van der Waals surface area contributed by atoms with E-state index in [4.69, 9.17) is 4.74 Å². The van der Waals surface area contributed by atoms with Gasteiger partial charge in [0, 0.05) is 6.42 Å². The lowest BCUT2D eigenvalue weighted by Gasteiger charge is -2.20. The van der Waals surface area contributed by atoms with E-state index < -0.39 is 0 Å². The molecular formula is C17H30O2. The Balaban J connectivity index is 1.79. The topological polar surface area (TPSA) is 26.3 Å². The van der Waals surface area contributed by atoms with Crippen molar-refractivity contribution in [2.45, 2.75) is 71.8 Å². The van der Waals surface area contributed by atoms with Crippen LogP contribution in [0, 0.1) is 23.7 Å². The Labute approximate surface area is 118 Å². The van der Waals surface area contributed by atoms with Crippen LogP contribution in [-0.4, -0.2) is 18.5 Å². The highest BCUT2D eigenvalue weighted by molar-refractivity contribution is 5.83. The van der Waals surface area contributed by atoms with E-state index in [9.17, 15) is 4.79 Å². The van der Waals surface area contributed by atoms with Gasteiger partial charge in [0.05, 0.1) is 6.61 Å². The summed E-state index contributed by atoms with van der Waals surface area (Å²) in [5, 5.41) is 0. The molecule has 0 N–H and O–H groups in total. The van der Waals surface area contributed by atoms with E-state index in [2.05, 4.69) is 20.8 Å². The number of hydrogen-bond acceptors (Lipinski definition) is 2. The molecule has 19 heavy (non-hydrogen) atoms. The summed E-state index contributed by atoms with van der Waals surface area (Å²) < 4.78 is 6.04. The van der Waals surface area contributed by atoms with Crippen molar-refractivity contribution in [3.05, 3.63) is 0 Å². The van der Waals surface area contributed by atoms with Crippen molar-refractivity contribution in [1.82, 2.24) is 0 Å². The van der Waals surface area contributed by atoms with E-state index in [-0.39, 0.29) is 6.10 Å². The van der Waals surface area contributed by atoms with E-state index in [0.29, 0.717) is 24.0 Å². The highest BCUT2D eigenvalue weighted by Crippen LogP contribution is 2.42. The van der Waals surface area contributed by atoms with Crippen LogP contribution in [0.2, 0.25) is 0 Å². The van der Waals surface area contributed by atoms with Crippen LogP contribution in [0.15, 0.2) is 0 Å². The highest BCUT2D eigenvalue weighted by atomic mass is 16.5. The third-order valence-corrected chi connectivity index (χ3v) is 4.77. The second-order valence-corrected chi connectivity index (χ2v) is 7.25. The molecule has 0 heterocycles. The van der Waals surface area contributed by atoms with Crippen molar-refractivity contribution in [1.29, 1.82) is 0 Å². The van der Waals surface area contributed by atoms with Gasteiger partial charge in [-0.15, -0.1) is 0 Å². The average Bonchev–Trinajstić information content (AvgIpc) is 2.82. The molecule has 2 rings (SSSR count). The number of ketones is 1. The standard InChI is InChI=1S/C17H30O2/c1-12(2)8-16(18)17(10-15-9-13(15)3)19-11-14-6-4-5-7-14/h12-15,17H,4-11H2,1-3H3. The first-order chi connectivity index (χ1) is 9.06. The maximum Gasteiger partial charge on any atom is 0.161 e. The van der Waals surface area contributed by atoms with Gasteiger partial charge in [-0.2, -0.15) is 0 Å². The SMILES string of the molecule is CC(C)CC(=O)C(CC1CC1C)OCC1CCCC1. The molecule has 2 nitrogen and oxygen atoms in total. The van der Waals surface area contributed by atoms with Gasteiger partial charge in [-0.3, -0.25) is 4.79 Å². The fourth-order valence-corrected chi connectivity index (χ4v) is 3.26. The predicted octanol–water partition coefficient (Wildman–Crippen LogP) is 4.22. The van der Waals surface area contributed by atoms with E-state index in [1.165, 1.54) is 32.1 Å². The molecule has 110 valence electrons. The van der Waals surface area contributed by atoms with Gasteiger partial charge >= 0.3 is 0 Å². The number of carbonyl (C=O) groups is 1. The largest absolute Gasteiger partial charge is 0.370 e. The number of ether oxygens (including phenoxy) is 1. The van der Waals surface area contributed by atoms with Gasteiger partial charge < -0.3 is 4.74 Å². The second kappa shape index (κ2) is 6.88. The zero-order valence-electron chi connectivity index (χ0n) is 12.9. The van der Waals surface area contributed by atoms with Crippen molar-refractivity contribution in [2.75, 3.05) is 6.61 Å². The van der Waals surface area contributed by atoms with Crippen LogP contribution in [0.5, 0.6) is 0 Å². The Morgan fingerprint density at radius 3 is 2.42 bits per heavy atom. The molecule has 2 saturated carbocycles. The molecule has 0 aromatic rings. The summed E-state index contributed by atoms with van der Waals surface area (Å²) in [6.07, 6.45) is 8.11. The number of hydrogen-bond donors (Lipinski definition) is 0. The molecular weight excluding hydrogens is 236 g/mol. The lowest BCUT2D eigenvalue weighted by Crippen LogP contribution is -2.28.